The monoisotopic (exact) mass is 277 g/mol. The zero-order chi connectivity index (χ0) is 15.1. The van der Waals surface area contributed by atoms with Crippen molar-refractivity contribution in [2.24, 2.45) is 17.8 Å². The molecule has 0 saturated heterocycles. The predicted molar refractivity (Wildman–Crippen MR) is 87.2 cm³/mol. The molecule has 0 aliphatic heterocycles. The van der Waals surface area contributed by atoms with Crippen LogP contribution in [0.25, 0.3) is 0 Å². The summed E-state index contributed by atoms with van der Waals surface area (Å²) in [6.07, 6.45) is 1.07. The molecule has 0 aliphatic rings. The molecule has 2 heteroatoms. The Bertz CT molecular complexity index is 379. The Morgan fingerprint density at radius 1 is 1.05 bits per heavy atom. The molecule has 1 rings (SSSR count). The summed E-state index contributed by atoms with van der Waals surface area (Å²) in [5.74, 6) is 3.10. The molecule has 0 heterocycles. The van der Waals surface area contributed by atoms with Crippen molar-refractivity contribution in [3.8, 4) is 5.75 Å². The molecule has 1 atom stereocenters. The van der Waals surface area contributed by atoms with Crippen LogP contribution in [0.2, 0.25) is 0 Å². The molecule has 0 saturated carbocycles. The smallest absolute Gasteiger partial charge is 0.123 e. The Hall–Kier alpha value is -1.02. The number of nitrogens with one attached hydrogen (secondary N) is 1. The molecule has 1 aromatic rings. The molecule has 0 aliphatic carbocycles. The van der Waals surface area contributed by atoms with E-state index in [9.17, 15) is 0 Å². The molecule has 1 aromatic carbocycles. The molecule has 2 nitrogen and oxygen atoms in total. The van der Waals surface area contributed by atoms with Gasteiger partial charge in [0.05, 0.1) is 7.11 Å². The van der Waals surface area contributed by atoms with Crippen LogP contribution in [0.15, 0.2) is 24.3 Å². The molecule has 0 aromatic heterocycles. The van der Waals surface area contributed by atoms with Gasteiger partial charge in [0, 0.05) is 11.6 Å². The van der Waals surface area contributed by atoms with Gasteiger partial charge in [-0.1, -0.05) is 52.8 Å². The van der Waals surface area contributed by atoms with Crippen molar-refractivity contribution in [3.63, 3.8) is 0 Å². The van der Waals surface area contributed by atoms with E-state index in [0.717, 1.165) is 18.7 Å². The highest BCUT2D eigenvalue weighted by atomic mass is 16.5. The second-order valence-electron chi connectivity index (χ2n) is 6.26. The van der Waals surface area contributed by atoms with Gasteiger partial charge >= 0.3 is 0 Å². The van der Waals surface area contributed by atoms with Gasteiger partial charge in [0.2, 0.25) is 0 Å². The third-order valence-electron chi connectivity index (χ3n) is 4.24. The molecule has 0 spiro atoms. The van der Waals surface area contributed by atoms with E-state index < -0.39 is 0 Å². The van der Waals surface area contributed by atoms with Crippen molar-refractivity contribution in [1.82, 2.24) is 5.32 Å². The largest absolute Gasteiger partial charge is 0.496 e. The normalized spacial score (nSPS) is 13.2. The lowest BCUT2D eigenvalue weighted by Gasteiger charge is -2.28. The summed E-state index contributed by atoms with van der Waals surface area (Å²) in [7, 11) is 1.75. The maximum atomic E-state index is 5.49. The highest BCUT2D eigenvalue weighted by Crippen LogP contribution is 2.28. The molecule has 114 valence electrons. The highest BCUT2D eigenvalue weighted by molar-refractivity contribution is 5.35. The number of hydrogen-bond donors (Lipinski definition) is 1. The summed E-state index contributed by atoms with van der Waals surface area (Å²) in [4.78, 5) is 0. The van der Waals surface area contributed by atoms with Gasteiger partial charge in [-0.15, -0.1) is 0 Å². The first-order valence-corrected chi connectivity index (χ1v) is 7.87. The van der Waals surface area contributed by atoms with Crippen LogP contribution >= 0.6 is 0 Å². The summed E-state index contributed by atoms with van der Waals surface area (Å²) in [6.45, 7) is 12.6. The Kier molecular flexibility index (Phi) is 7.08. The molecular formula is C18H31NO. The first kappa shape index (κ1) is 17.0. The predicted octanol–water partition coefficient (Wildman–Crippen LogP) is 4.66. The molecule has 1 N–H and O–H groups in total. The number of methoxy groups -OCH3 is 1. The van der Waals surface area contributed by atoms with Crippen LogP contribution in [0, 0.1) is 17.8 Å². The van der Waals surface area contributed by atoms with Gasteiger partial charge in [-0.25, -0.2) is 0 Å². The summed E-state index contributed by atoms with van der Waals surface area (Å²) in [5, 5.41) is 3.74. The number of hydrogen-bond acceptors (Lipinski definition) is 2. The molecule has 0 fully saturated rings. The van der Waals surface area contributed by atoms with Crippen molar-refractivity contribution in [2.75, 3.05) is 13.7 Å². The van der Waals surface area contributed by atoms with Crippen LogP contribution in [-0.4, -0.2) is 13.7 Å². The Labute approximate surface area is 124 Å². The third-order valence-corrected chi connectivity index (χ3v) is 4.24. The summed E-state index contributed by atoms with van der Waals surface area (Å²) in [6, 6.07) is 8.69. The first-order chi connectivity index (χ1) is 9.51. The number of para-hydroxylation sites is 1. The fourth-order valence-electron chi connectivity index (χ4n) is 2.95. The lowest BCUT2D eigenvalue weighted by Crippen LogP contribution is -2.32. The highest BCUT2D eigenvalue weighted by Gasteiger charge is 2.20. The number of rotatable bonds is 8. The number of ether oxygens (including phenoxy) is 1. The van der Waals surface area contributed by atoms with Crippen LogP contribution in [0.5, 0.6) is 5.75 Å². The van der Waals surface area contributed by atoms with E-state index >= 15 is 0 Å². The SMILES string of the molecule is CCC(NCC(C(C)C)C(C)C)c1ccccc1OC. The second kappa shape index (κ2) is 8.31. The van der Waals surface area contributed by atoms with Crippen molar-refractivity contribution in [2.45, 2.75) is 47.1 Å². The van der Waals surface area contributed by atoms with Gasteiger partial charge in [0.1, 0.15) is 5.75 Å². The van der Waals surface area contributed by atoms with Gasteiger partial charge in [-0.05, 0) is 36.8 Å². The van der Waals surface area contributed by atoms with Crippen molar-refractivity contribution >= 4 is 0 Å². The quantitative estimate of drug-likeness (QED) is 0.746. The maximum Gasteiger partial charge on any atom is 0.123 e. The summed E-state index contributed by atoms with van der Waals surface area (Å²) >= 11 is 0. The van der Waals surface area contributed by atoms with E-state index in [0.29, 0.717) is 23.8 Å². The second-order valence-corrected chi connectivity index (χ2v) is 6.26. The molecule has 0 bridgehead atoms. The molecule has 0 amide bonds. The minimum absolute atomic E-state index is 0.367. The average molecular weight is 277 g/mol. The van der Waals surface area contributed by atoms with Gasteiger partial charge in [-0.3, -0.25) is 0 Å². The zero-order valence-corrected chi connectivity index (χ0v) is 13.9. The fraction of sp³-hybridized carbons (Fsp3) is 0.667. The standard InChI is InChI=1S/C18H31NO/c1-7-17(15-10-8-9-11-18(15)20-6)19-12-16(13(2)3)14(4)5/h8-11,13-14,16-17,19H,7,12H2,1-6H3. The third kappa shape index (κ3) is 4.52. The molecule has 1 unspecified atom stereocenters. The van der Waals surface area contributed by atoms with E-state index in [1.54, 1.807) is 7.11 Å². The van der Waals surface area contributed by atoms with Gasteiger partial charge in [0.25, 0.3) is 0 Å². The molecule has 0 radical (unpaired) electrons. The Balaban J connectivity index is 2.77. The van der Waals surface area contributed by atoms with E-state index in [2.05, 4.69) is 52.1 Å². The van der Waals surface area contributed by atoms with E-state index in [4.69, 9.17) is 4.74 Å². The molecular weight excluding hydrogens is 246 g/mol. The van der Waals surface area contributed by atoms with E-state index in [-0.39, 0.29) is 0 Å². The topological polar surface area (TPSA) is 21.3 Å². The van der Waals surface area contributed by atoms with Crippen LogP contribution in [0.4, 0.5) is 0 Å². The van der Waals surface area contributed by atoms with E-state index in [1.807, 2.05) is 12.1 Å². The summed E-state index contributed by atoms with van der Waals surface area (Å²) in [5.41, 5.74) is 1.27. The lowest BCUT2D eigenvalue weighted by atomic mass is 9.85. The van der Waals surface area contributed by atoms with Gasteiger partial charge in [0.15, 0.2) is 0 Å². The Morgan fingerprint density at radius 3 is 2.15 bits per heavy atom. The average Bonchev–Trinajstić information content (AvgIpc) is 2.42. The van der Waals surface area contributed by atoms with Crippen molar-refractivity contribution < 1.29 is 4.74 Å². The maximum absolute atomic E-state index is 5.49. The Morgan fingerprint density at radius 2 is 1.65 bits per heavy atom. The molecule has 20 heavy (non-hydrogen) atoms. The van der Waals surface area contributed by atoms with Gasteiger partial charge in [-0.2, -0.15) is 0 Å². The van der Waals surface area contributed by atoms with Crippen LogP contribution in [-0.2, 0) is 0 Å². The zero-order valence-electron chi connectivity index (χ0n) is 13.9. The minimum atomic E-state index is 0.367. The van der Waals surface area contributed by atoms with Gasteiger partial charge < -0.3 is 10.1 Å². The fourth-order valence-corrected chi connectivity index (χ4v) is 2.95. The summed E-state index contributed by atoms with van der Waals surface area (Å²) < 4.78 is 5.49. The van der Waals surface area contributed by atoms with Crippen LogP contribution < -0.4 is 10.1 Å². The minimum Gasteiger partial charge on any atom is -0.496 e. The van der Waals surface area contributed by atoms with Crippen LogP contribution in [0.1, 0.15) is 52.6 Å². The van der Waals surface area contributed by atoms with Crippen molar-refractivity contribution in [1.29, 1.82) is 0 Å². The van der Waals surface area contributed by atoms with Crippen molar-refractivity contribution in [3.05, 3.63) is 29.8 Å². The van der Waals surface area contributed by atoms with Crippen LogP contribution in [0.3, 0.4) is 0 Å². The van der Waals surface area contributed by atoms with E-state index in [1.165, 1.54) is 5.56 Å². The first-order valence-electron chi connectivity index (χ1n) is 7.87. The number of benzene rings is 1. The lowest BCUT2D eigenvalue weighted by molar-refractivity contribution is 0.263.